The van der Waals surface area contributed by atoms with Crippen molar-refractivity contribution in [2.45, 2.75) is 37.5 Å². The highest BCUT2D eigenvalue weighted by atomic mass is 19.1. The molecule has 0 amide bonds. The van der Waals surface area contributed by atoms with Crippen LogP contribution in [0.25, 0.3) is 5.69 Å². The molecule has 1 aliphatic carbocycles. The van der Waals surface area contributed by atoms with E-state index in [1.807, 2.05) is 18.2 Å². The van der Waals surface area contributed by atoms with Crippen LogP contribution in [0, 0.1) is 17.6 Å². The highest BCUT2D eigenvalue weighted by molar-refractivity contribution is 5.54. The summed E-state index contributed by atoms with van der Waals surface area (Å²) >= 11 is 0. The number of rotatable bonds is 6. The molecule has 2 aromatic carbocycles. The van der Waals surface area contributed by atoms with E-state index < -0.39 is 11.6 Å². The van der Waals surface area contributed by atoms with Crippen molar-refractivity contribution in [1.82, 2.24) is 19.7 Å². The van der Waals surface area contributed by atoms with E-state index in [-0.39, 0.29) is 11.8 Å². The van der Waals surface area contributed by atoms with E-state index in [9.17, 15) is 8.78 Å². The van der Waals surface area contributed by atoms with Gasteiger partial charge in [0, 0.05) is 24.8 Å². The van der Waals surface area contributed by atoms with Crippen molar-refractivity contribution >= 4 is 11.6 Å². The Hall–Kier alpha value is -2.88. The van der Waals surface area contributed by atoms with E-state index in [0.717, 1.165) is 42.9 Å². The van der Waals surface area contributed by atoms with Crippen molar-refractivity contribution in [3.63, 3.8) is 0 Å². The van der Waals surface area contributed by atoms with E-state index in [0.29, 0.717) is 24.7 Å². The van der Waals surface area contributed by atoms with Crippen LogP contribution in [-0.4, -0.2) is 58.1 Å². The zero-order valence-electron chi connectivity index (χ0n) is 18.7. The Kier molecular flexibility index (Phi) is 5.76. The Bertz CT molecular complexity index is 1150. The summed E-state index contributed by atoms with van der Waals surface area (Å²) in [5.41, 5.74) is 2.17. The molecule has 178 valence electrons. The lowest BCUT2D eigenvalue weighted by Crippen LogP contribution is -2.62. The molecule has 34 heavy (non-hydrogen) atoms. The Morgan fingerprint density at radius 1 is 1.03 bits per heavy atom. The van der Waals surface area contributed by atoms with Gasteiger partial charge >= 0.3 is 0 Å². The molecule has 1 N–H and O–H groups in total. The molecule has 6 rings (SSSR count). The van der Waals surface area contributed by atoms with E-state index in [2.05, 4.69) is 26.4 Å². The van der Waals surface area contributed by atoms with Gasteiger partial charge in [-0.3, -0.25) is 4.90 Å². The Morgan fingerprint density at radius 3 is 2.62 bits per heavy atom. The van der Waals surface area contributed by atoms with Crippen LogP contribution in [0.3, 0.4) is 0 Å². The molecule has 2 aliphatic heterocycles. The van der Waals surface area contributed by atoms with Crippen LogP contribution in [0.1, 0.15) is 30.9 Å². The molecule has 2 saturated heterocycles. The topological polar surface area (TPSA) is 64.4 Å². The van der Waals surface area contributed by atoms with Crippen LogP contribution in [0.15, 0.2) is 48.8 Å². The van der Waals surface area contributed by atoms with Gasteiger partial charge in [0.05, 0.1) is 37.2 Å². The lowest BCUT2D eigenvalue weighted by Gasteiger charge is -2.51. The summed E-state index contributed by atoms with van der Waals surface area (Å²) in [5, 5.41) is 7.48. The monoisotopic (exact) mass is 467 g/mol. The zero-order chi connectivity index (χ0) is 23.1. The predicted octanol–water partition coefficient (Wildman–Crippen LogP) is 4.23. The molecule has 3 atom stereocenters. The number of morpholine rings is 1. The normalized spacial score (nSPS) is 25.5. The maximum Gasteiger partial charge on any atom is 0.246 e. The van der Waals surface area contributed by atoms with Crippen LogP contribution in [-0.2, 0) is 9.47 Å². The number of nitrogens with zero attached hydrogens (tertiary/aromatic N) is 4. The minimum Gasteiger partial charge on any atom is -0.374 e. The second-order valence-electron chi connectivity index (χ2n) is 9.30. The second kappa shape index (κ2) is 9.05. The highest BCUT2D eigenvalue weighted by Gasteiger charge is 2.44. The van der Waals surface area contributed by atoms with Crippen LogP contribution in [0.2, 0.25) is 0 Å². The zero-order valence-corrected chi connectivity index (χ0v) is 18.7. The molecular formula is C25H27F2N5O2. The SMILES string of the molecule is Fc1cc(F)cc(-n2cnc(Nc3cccc([C@@H]4CN(C5COC5C5CCC5)CCO4)c3)n2)c1. The number of anilines is 2. The first-order chi connectivity index (χ1) is 16.6. The average Bonchev–Trinajstić information content (AvgIpc) is 3.24. The lowest BCUT2D eigenvalue weighted by atomic mass is 9.76. The van der Waals surface area contributed by atoms with E-state index >= 15 is 0 Å². The summed E-state index contributed by atoms with van der Waals surface area (Å²) in [7, 11) is 0. The Morgan fingerprint density at radius 2 is 1.88 bits per heavy atom. The third-order valence-electron chi connectivity index (χ3n) is 7.14. The van der Waals surface area contributed by atoms with Crippen molar-refractivity contribution in [3.8, 4) is 5.69 Å². The van der Waals surface area contributed by atoms with Crippen molar-refractivity contribution in [2.75, 3.05) is 31.6 Å². The molecule has 9 heteroatoms. The molecule has 3 heterocycles. The summed E-state index contributed by atoms with van der Waals surface area (Å²) in [4.78, 5) is 6.75. The van der Waals surface area contributed by atoms with Gasteiger partial charge in [0.15, 0.2) is 0 Å². The molecule has 3 aromatic rings. The number of ether oxygens (including phenoxy) is 2. The van der Waals surface area contributed by atoms with Crippen LogP contribution < -0.4 is 5.32 Å². The maximum atomic E-state index is 13.5. The minimum absolute atomic E-state index is 0.0149. The van der Waals surface area contributed by atoms with Gasteiger partial charge in [-0.25, -0.2) is 13.5 Å². The summed E-state index contributed by atoms with van der Waals surface area (Å²) in [6.45, 7) is 3.30. The number of hydrogen-bond donors (Lipinski definition) is 1. The summed E-state index contributed by atoms with van der Waals surface area (Å²) in [5.74, 6) is -0.268. The van der Waals surface area contributed by atoms with E-state index in [4.69, 9.17) is 9.47 Å². The number of halogens is 2. The Labute approximate surface area is 196 Å². The first kappa shape index (κ1) is 21.6. The van der Waals surface area contributed by atoms with Gasteiger partial charge in [-0.15, -0.1) is 5.10 Å². The van der Waals surface area contributed by atoms with Crippen molar-refractivity contribution in [3.05, 3.63) is 66.0 Å². The van der Waals surface area contributed by atoms with Crippen molar-refractivity contribution < 1.29 is 18.3 Å². The van der Waals surface area contributed by atoms with Gasteiger partial charge in [0.2, 0.25) is 5.95 Å². The molecule has 2 unspecified atom stereocenters. The fourth-order valence-electron chi connectivity index (χ4n) is 5.06. The van der Waals surface area contributed by atoms with Gasteiger partial charge in [-0.05, 0) is 48.6 Å². The van der Waals surface area contributed by atoms with Gasteiger partial charge in [0.1, 0.15) is 18.0 Å². The molecular weight excluding hydrogens is 440 g/mol. The van der Waals surface area contributed by atoms with E-state index in [1.54, 1.807) is 0 Å². The third-order valence-corrected chi connectivity index (χ3v) is 7.14. The smallest absolute Gasteiger partial charge is 0.246 e. The summed E-state index contributed by atoms with van der Waals surface area (Å²) in [6.07, 6.45) is 5.70. The van der Waals surface area contributed by atoms with Crippen LogP contribution in [0.4, 0.5) is 20.4 Å². The maximum absolute atomic E-state index is 13.5. The Balaban J connectivity index is 1.13. The number of nitrogens with one attached hydrogen (secondary N) is 1. The second-order valence-corrected chi connectivity index (χ2v) is 9.30. The standard InChI is InChI=1S/C25H27F2N5O2/c26-18-10-19(27)12-21(11-18)32-15-28-25(30-32)29-20-6-2-5-17(9-20)23-13-31(7-8-33-23)22-14-34-24(22)16-3-1-4-16/h2,5-6,9-12,15-16,22-24H,1,3-4,7-8,13-14H2,(H,29,30)/t22?,23-,24?/m0/s1. The van der Waals surface area contributed by atoms with Gasteiger partial charge < -0.3 is 14.8 Å². The molecule has 1 saturated carbocycles. The molecule has 1 aromatic heterocycles. The number of benzene rings is 2. The molecule has 0 bridgehead atoms. The minimum atomic E-state index is -0.665. The molecule has 0 radical (unpaired) electrons. The van der Waals surface area contributed by atoms with Gasteiger partial charge in [-0.2, -0.15) is 4.98 Å². The average molecular weight is 468 g/mol. The summed E-state index contributed by atoms with van der Waals surface area (Å²) in [6, 6.07) is 11.7. The summed E-state index contributed by atoms with van der Waals surface area (Å²) < 4.78 is 40.4. The first-order valence-corrected chi connectivity index (χ1v) is 11.8. The van der Waals surface area contributed by atoms with Crippen molar-refractivity contribution in [1.29, 1.82) is 0 Å². The van der Waals surface area contributed by atoms with E-state index in [1.165, 1.54) is 42.4 Å². The quantitative estimate of drug-likeness (QED) is 0.586. The fraction of sp³-hybridized carbons (Fsp3) is 0.440. The number of aromatic nitrogens is 3. The fourth-order valence-corrected chi connectivity index (χ4v) is 5.06. The van der Waals surface area contributed by atoms with Crippen LogP contribution >= 0.6 is 0 Å². The molecule has 0 spiro atoms. The lowest BCUT2D eigenvalue weighted by molar-refractivity contribution is -0.190. The first-order valence-electron chi connectivity index (χ1n) is 11.8. The molecule has 7 nitrogen and oxygen atoms in total. The van der Waals surface area contributed by atoms with Crippen molar-refractivity contribution in [2.24, 2.45) is 5.92 Å². The number of hydrogen-bond acceptors (Lipinski definition) is 6. The van der Waals surface area contributed by atoms with Gasteiger partial charge in [0.25, 0.3) is 0 Å². The van der Waals surface area contributed by atoms with Crippen LogP contribution in [0.5, 0.6) is 0 Å². The third kappa shape index (κ3) is 4.31. The van der Waals surface area contributed by atoms with Gasteiger partial charge in [-0.1, -0.05) is 18.6 Å². The molecule has 3 aliphatic rings. The largest absolute Gasteiger partial charge is 0.374 e. The highest BCUT2D eigenvalue weighted by Crippen LogP contribution is 2.39. The predicted molar refractivity (Wildman–Crippen MR) is 122 cm³/mol. The molecule has 3 fully saturated rings.